The number of nitrogens with zero attached hydrogens (tertiary/aromatic N) is 4. The van der Waals surface area contributed by atoms with Crippen LogP contribution in [0.5, 0.6) is 0 Å². The van der Waals surface area contributed by atoms with Gasteiger partial charge in [0.2, 0.25) is 10.0 Å². The maximum absolute atomic E-state index is 13.2. The second-order valence-electron chi connectivity index (χ2n) is 7.04. The van der Waals surface area contributed by atoms with Crippen molar-refractivity contribution in [2.24, 2.45) is 7.05 Å². The molecule has 27 heavy (non-hydrogen) atoms. The Hall–Kier alpha value is -2.45. The standard InChI is InChI=1S/C19H23N5O2S/c1-13-8-9-15(24-11-5-10-20-24)12-18(13)27(25,26)22-16-6-4-7-17-19(16)14(2)21-23(17)3/h5,8-12,16,22H,4,6-7H2,1-3H3. The number of nitrogens with one attached hydrogen (secondary N) is 1. The number of sulfonamides is 1. The van der Waals surface area contributed by atoms with Gasteiger partial charge in [-0.05, 0) is 56.9 Å². The molecule has 142 valence electrons. The first-order valence-electron chi connectivity index (χ1n) is 9.02. The van der Waals surface area contributed by atoms with Gasteiger partial charge in [-0.25, -0.2) is 17.8 Å². The predicted octanol–water partition coefficient (Wildman–Crippen LogP) is 2.58. The zero-order chi connectivity index (χ0) is 19.2. The zero-order valence-electron chi connectivity index (χ0n) is 15.7. The molecule has 3 aromatic rings. The molecule has 0 amide bonds. The average Bonchev–Trinajstić information content (AvgIpc) is 3.24. The maximum Gasteiger partial charge on any atom is 0.241 e. The molecule has 1 unspecified atom stereocenters. The van der Waals surface area contributed by atoms with Gasteiger partial charge >= 0.3 is 0 Å². The van der Waals surface area contributed by atoms with E-state index >= 15 is 0 Å². The van der Waals surface area contributed by atoms with Gasteiger partial charge in [0, 0.05) is 30.7 Å². The van der Waals surface area contributed by atoms with Gasteiger partial charge in [-0.3, -0.25) is 4.68 Å². The molecular formula is C19H23N5O2S. The van der Waals surface area contributed by atoms with E-state index in [0.717, 1.165) is 36.2 Å². The summed E-state index contributed by atoms with van der Waals surface area (Å²) in [6.45, 7) is 3.75. The molecule has 8 heteroatoms. The molecule has 0 saturated heterocycles. The Morgan fingerprint density at radius 2 is 2.07 bits per heavy atom. The fourth-order valence-corrected chi connectivity index (χ4v) is 5.41. The largest absolute Gasteiger partial charge is 0.272 e. The summed E-state index contributed by atoms with van der Waals surface area (Å²) in [5.74, 6) is 0. The second kappa shape index (κ2) is 6.61. The van der Waals surface area contributed by atoms with Gasteiger partial charge in [-0.2, -0.15) is 10.2 Å². The van der Waals surface area contributed by atoms with E-state index in [-0.39, 0.29) is 10.9 Å². The molecule has 0 spiro atoms. The van der Waals surface area contributed by atoms with E-state index in [1.807, 2.05) is 37.7 Å². The molecule has 0 fully saturated rings. The minimum Gasteiger partial charge on any atom is -0.272 e. The lowest BCUT2D eigenvalue weighted by Gasteiger charge is -2.25. The Balaban J connectivity index is 1.71. The third-order valence-electron chi connectivity index (χ3n) is 5.17. The van der Waals surface area contributed by atoms with E-state index in [9.17, 15) is 8.42 Å². The molecule has 1 aromatic carbocycles. The fraction of sp³-hybridized carbons (Fsp3) is 0.368. The highest BCUT2D eigenvalue weighted by atomic mass is 32.2. The van der Waals surface area contributed by atoms with E-state index in [0.29, 0.717) is 11.3 Å². The van der Waals surface area contributed by atoms with Crippen molar-refractivity contribution in [3.05, 3.63) is 59.2 Å². The molecule has 1 N–H and O–H groups in total. The fourth-order valence-electron chi connectivity index (χ4n) is 3.90. The summed E-state index contributed by atoms with van der Waals surface area (Å²) in [4.78, 5) is 0.282. The minimum absolute atomic E-state index is 0.250. The van der Waals surface area contributed by atoms with Crippen molar-refractivity contribution in [3.63, 3.8) is 0 Å². The van der Waals surface area contributed by atoms with Crippen molar-refractivity contribution >= 4 is 10.0 Å². The van der Waals surface area contributed by atoms with Gasteiger partial charge in [-0.15, -0.1) is 0 Å². The van der Waals surface area contributed by atoms with Crippen LogP contribution in [0.1, 0.15) is 41.4 Å². The topological polar surface area (TPSA) is 81.8 Å². The summed E-state index contributed by atoms with van der Waals surface area (Å²) < 4.78 is 32.9. The monoisotopic (exact) mass is 385 g/mol. The van der Waals surface area contributed by atoms with Crippen molar-refractivity contribution < 1.29 is 8.42 Å². The molecule has 0 bridgehead atoms. The third-order valence-corrected chi connectivity index (χ3v) is 6.79. The highest BCUT2D eigenvalue weighted by Crippen LogP contribution is 2.33. The first-order chi connectivity index (χ1) is 12.9. The summed E-state index contributed by atoms with van der Waals surface area (Å²) in [5, 5.41) is 8.67. The quantitative estimate of drug-likeness (QED) is 0.748. The Labute approximate surface area is 159 Å². The van der Waals surface area contributed by atoms with E-state index < -0.39 is 10.0 Å². The number of hydrogen-bond donors (Lipinski definition) is 1. The molecule has 7 nitrogen and oxygen atoms in total. The van der Waals surface area contributed by atoms with E-state index in [4.69, 9.17) is 0 Å². The van der Waals surface area contributed by atoms with Crippen molar-refractivity contribution in [2.75, 3.05) is 0 Å². The van der Waals surface area contributed by atoms with Crippen molar-refractivity contribution in [1.82, 2.24) is 24.3 Å². The van der Waals surface area contributed by atoms with Crippen molar-refractivity contribution in [1.29, 1.82) is 0 Å². The van der Waals surface area contributed by atoms with Crippen LogP contribution in [0.2, 0.25) is 0 Å². The number of benzene rings is 1. The number of aromatic nitrogens is 4. The molecule has 0 aliphatic heterocycles. The Morgan fingerprint density at radius 3 is 2.81 bits per heavy atom. The van der Waals surface area contributed by atoms with Crippen LogP contribution in [0, 0.1) is 13.8 Å². The zero-order valence-corrected chi connectivity index (χ0v) is 16.5. The van der Waals surface area contributed by atoms with Gasteiger partial charge in [0.25, 0.3) is 0 Å². The molecule has 0 radical (unpaired) electrons. The molecule has 2 heterocycles. The first-order valence-corrected chi connectivity index (χ1v) is 10.5. The summed E-state index contributed by atoms with van der Waals surface area (Å²) in [6.07, 6.45) is 6.10. The Morgan fingerprint density at radius 1 is 1.26 bits per heavy atom. The van der Waals surface area contributed by atoms with E-state index in [1.165, 1.54) is 0 Å². The van der Waals surface area contributed by atoms with Gasteiger partial charge in [0.15, 0.2) is 0 Å². The van der Waals surface area contributed by atoms with Crippen LogP contribution in [0.3, 0.4) is 0 Å². The summed E-state index contributed by atoms with van der Waals surface area (Å²) in [7, 11) is -1.77. The lowest BCUT2D eigenvalue weighted by molar-refractivity contribution is 0.497. The number of aryl methyl sites for hydroxylation is 3. The third kappa shape index (κ3) is 3.19. The molecule has 1 aliphatic carbocycles. The van der Waals surface area contributed by atoms with E-state index in [1.54, 1.807) is 29.2 Å². The molecule has 0 saturated carbocycles. The van der Waals surface area contributed by atoms with E-state index in [2.05, 4.69) is 14.9 Å². The molecule has 1 atom stereocenters. The van der Waals surface area contributed by atoms with Crippen molar-refractivity contribution in [2.45, 2.75) is 44.0 Å². The number of rotatable bonds is 4. The summed E-state index contributed by atoms with van der Waals surface area (Å²) in [5.41, 5.74) is 4.45. The van der Waals surface area contributed by atoms with Crippen LogP contribution in [-0.2, 0) is 23.5 Å². The smallest absolute Gasteiger partial charge is 0.241 e. The van der Waals surface area contributed by atoms with Crippen LogP contribution in [-0.4, -0.2) is 28.0 Å². The average molecular weight is 385 g/mol. The first kappa shape index (κ1) is 17.9. The van der Waals surface area contributed by atoms with Gasteiger partial charge < -0.3 is 0 Å². The Bertz CT molecular complexity index is 1080. The summed E-state index contributed by atoms with van der Waals surface area (Å²) >= 11 is 0. The lowest BCUT2D eigenvalue weighted by Crippen LogP contribution is -2.32. The molecular weight excluding hydrogens is 362 g/mol. The van der Waals surface area contributed by atoms with Crippen LogP contribution >= 0.6 is 0 Å². The maximum atomic E-state index is 13.2. The number of hydrogen-bond acceptors (Lipinski definition) is 4. The van der Waals surface area contributed by atoms with Crippen LogP contribution < -0.4 is 4.72 Å². The second-order valence-corrected chi connectivity index (χ2v) is 8.72. The van der Waals surface area contributed by atoms with Crippen molar-refractivity contribution in [3.8, 4) is 5.69 Å². The summed E-state index contributed by atoms with van der Waals surface area (Å²) in [6, 6.07) is 6.91. The molecule has 2 aromatic heterocycles. The van der Waals surface area contributed by atoms with Gasteiger partial charge in [-0.1, -0.05) is 6.07 Å². The van der Waals surface area contributed by atoms with Crippen LogP contribution in [0.25, 0.3) is 5.69 Å². The highest BCUT2D eigenvalue weighted by molar-refractivity contribution is 7.89. The lowest BCUT2D eigenvalue weighted by atomic mass is 9.92. The highest BCUT2D eigenvalue weighted by Gasteiger charge is 2.30. The normalized spacial score (nSPS) is 17.1. The van der Waals surface area contributed by atoms with Gasteiger partial charge in [0.05, 0.1) is 22.3 Å². The number of fused-ring (bicyclic) bond motifs is 1. The molecule has 4 rings (SSSR count). The van der Waals surface area contributed by atoms with Crippen LogP contribution in [0.15, 0.2) is 41.6 Å². The predicted molar refractivity (Wildman–Crippen MR) is 102 cm³/mol. The van der Waals surface area contributed by atoms with Crippen LogP contribution in [0.4, 0.5) is 0 Å². The Kier molecular flexibility index (Phi) is 4.39. The van der Waals surface area contributed by atoms with Gasteiger partial charge in [0.1, 0.15) is 0 Å². The molecule has 1 aliphatic rings. The minimum atomic E-state index is -3.68. The SMILES string of the molecule is Cc1ccc(-n2cccn2)cc1S(=O)(=O)NC1CCCc2c1c(C)nn2C.